The molecule has 0 spiro atoms. The number of aliphatic hydroxyl groups is 1. The van der Waals surface area contributed by atoms with Gasteiger partial charge in [-0.05, 0) is 18.6 Å². The van der Waals surface area contributed by atoms with Gasteiger partial charge in [-0.25, -0.2) is 9.37 Å². The average molecular weight is 267 g/mol. The van der Waals surface area contributed by atoms with Crippen LogP contribution in [-0.2, 0) is 11.3 Å². The summed E-state index contributed by atoms with van der Waals surface area (Å²) in [4.78, 5) is 4.35. The van der Waals surface area contributed by atoms with Crippen LogP contribution < -0.4 is 5.32 Å². The van der Waals surface area contributed by atoms with Crippen LogP contribution >= 0.6 is 0 Å². The summed E-state index contributed by atoms with van der Waals surface area (Å²) < 4.78 is 20.0. The normalized spacial score (nSPS) is 11.1. The highest BCUT2D eigenvalue weighted by molar-refractivity contribution is 5.78. The molecular formula is C13H18FN3O2. The number of rotatable bonds is 7. The molecule has 0 aliphatic heterocycles. The maximum Gasteiger partial charge on any atom is 0.203 e. The molecule has 104 valence electrons. The second kappa shape index (κ2) is 6.49. The number of ether oxygens (including phenoxy) is 1. The van der Waals surface area contributed by atoms with Gasteiger partial charge in [0.1, 0.15) is 5.82 Å². The van der Waals surface area contributed by atoms with Crippen molar-refractivity contribution in [2.75, 3.05) is 32.2 Å². The highest BCUT2D eigenvalue weighted by Gasteiger charge is 2.10. The lowest BCUT2D eigenvalue weighted by Crippen LogP contribution is -2.11. The SMILES string of the molecule is COCCCNc1nc2cc(F)ccc2n1CCO. The van der Waals surface area contributed by atoms with E-state index in [9.17, 15) is 4.39 Å². The number of fused-ring (bicyclic) bond motifs is 1. The van der Waals surface area contributed by atoms with Gasteiger partial charge in [-0.2, -0.15) is 0 Å². The van der Waals surface area contributed by atoms with Gasteiger partial charge in [0.15, 0.2) is 0 Å². The fourth-order valence-electron chi connectivity index (χ4n) is 1.98. The Morgan fingerprint density at radius 3 is 3.05 bits per heavy atom. The summed E-state index contributed by atoms with van der Waals surface area (Å²) in [6, 6.07) is 4.46. The fraction of sp³-hybridized carbons (Fsp3) is 0.462. The van der Waals surface area contributed by atoms with Crippen LogP contribution in [0, 0.1) is 5.82 Å². The molecule has 0 unspecified atom stereocenters. The molecule has 0 bridgehead atoms. The van der Waals surface area contributed by atoms with Crippen LogP contribution in [0.25, 0.3) is 11.0 Å². The third-order valence-corrected chi connectivity index (χ3v) is 2.84. The van der Waals surface area contributed by atoms with E-state index in [0.29, 0.717) is 31.2 Å². The van der Waals surface area contributed by atoms with Crippen LogP contribution in [0.2, 0.25) is 0 Å². The summed E-state index contributed by atoms with van der Waals surface area (Å²) in [7, 11) is 1.66. The Hall–Kier alpha value is -1.66. The largest absolute Gasteiger partial charge is 0.395 e. The first-order valence-electron chi connectivity index (χ1n) is 6.25. The van der Waals surface area contributed by atoms with Gasteiger partial charge in [-0.15, -0.1) is 0 Å². The number of hydrogen-bond acceptors (Lipinski definition) is 4. The van der Waals surface area contributed by atoms with E-state index in [1.54, 1.807) is 13.2 Å². The van der Waals surface area contributed by atoms with Gasteiger partial charge in [-0.1, -0.05) is 0 Å². The molecule has 1 aromatic heterocycles. The zero-order valence-electron chi connectivity index (χ0n) is 10.9. The Balaban J connectivity index is 2.22. The molecule has 0 saturated carbocycles. The van der Waals surface area contributed by atoms with Crippen LogP contribution in [0.4, 0.5) is 10.3 Å². The summed E-state index contributed by atoms with van der Waals surface area (Å²) in [5.74, 6) is 0.331. The minimum atomic E-state index is -0.313. The molecule has 0 atom stereocenters. The summed E-state index contributed by atoms with van der Waals surface area (Å²) in [5.41, 5.74) is 1.40. The van der Waals surface area contributed by atoms with Gasteiger partial charge in [0.2, 0.25) is 5.95 Å². The average Bonchev–Trinajstić information content (AvgIpc) is 2.73. The number of anilines is 1. The highest BCUT2D eigenvalue weighted by Crippen LogP contribution is 2.20. The van der Waals surface area contributed by atoms with Crippen molar-refractivity contribution in [1.82, 2.24) is 9.55 Å². The number of nitrogens with zero attached hydrogens (tertiary/aromatic N) is 2. The molecule has 0 amide bonds. The fourth-order valence-corrected chi connectivity index (χ4v) is 1.98. The van der Waals surface area contributed by atoms with Crippen molar-refractivity contribution >= 4 is 17.0 Å². The van der Waals surface area contributed by atoms with Crippen LogP contribution in [-0.4, -0.2) is 41.5 Å². The third-order valence-electron chi connectivity index (χ3n) is 2.84. The predicted molar refractivity (Wildman–Crippen MR) is 71.8 cm³/mol. The molecule has 1 heterocycles. The van der Waals surface area contributed by atoms with Crippen molar-refractivity contribution in [3.8, 4) is 0 Å². The first kappa shape index (κ1) is 13.8. The number of benzene rings is 1. The molecule has 0 fully saturated rings. The first-order valence-corrected chi connectivity index (χ1v) is 6.25. The van der Waals surface area contributed by atoms with E-state index in [2.05, 4.69) is 10.3 Å². The van der Waals surface area contributed by atoms with Gasteiger partial charge in [-0.3, -0.25) is 0 Å². The molecule has 2 N–H and O–H groups in total. The second-order valence-corrected chi connectivity index (χ2v) is 4.22. The van der Waals surface area contributed by atoms with Gasteiger partial charge in [0.05, 0.1) is 17.6 Å². The Kier molecular flexibility index (Phi) is 4.70. The number of halogens is 1. The van der Waals surface area contributed by atoms with Gasteiger partial charge in [0, 0.05) is 32.9 Å². The molecule has 0 aliphatic rings. The topological polar surface area (TPSA) is 59.3 Å². The monoisotopic (exact) mass is 267 g/mol. The predicted octanol–water partition coefficient (Wildman–Crippen LogP) is 1.62. The lowest BCUT2D eigenvalue weighted by Gasteiger charge is -2.09. The van der Waals surface area contributed by atoms with Gasteiger partial charge in [0.25, 0.3) is 0 Å². The number of aliphatic hydroxyl groups excluding tert-OH is 1. The Labute approximate surface area is 111 Å². The molecule has 2 rings (SSSR count). The van der Waals surface area contributed by atoms with Crippen molar-refractivity contribution < 1.29 is 14.2 Å². The number of hydrogen-bond donors (Lipinski definition) is 2. The van der Waals surface area contributed by atoms with Gasteiger partial charge >= 0.3 is 0 Å². The lowest BCUT2D eigenvalue weighted by molar-refractivity contribution is 0.197. The Morgan fingerprint density at radius 2 is 2.32 bits per heavy atom. The Morgan fingerprint density at radius 1 is 1.47 bits per heavy atom. The molecule has 1 aromatic carbocycles. The summed E-state index contributed by atoms with van der Waals surface area (Å²) >= 11 is 0. The number of imidazole rings is 1. The van der Waals surface area contributed by atoms with Crippen molar-refractivity contribution in [3.05, 3.63) is 24.0 Å². The van der Waals surface area contributed by atoms with E-state index in [1.807, 2.05) is 4.57 Å². The lowest BCUT2D eigenvalue weighted by atomic mass is 10.3. The molecule has 0 saturated heterocycles. The summed E-state index contributed by atoms with van der Waals surface area (Å²) in [5, 5.41) is 12.3. The zero-order valence-corrected chi connectivity index (χ0v) is 10.9. The van der Waals surface area contributed by atoms with E-state index in [4.69, 9.17) is 9.84 Å². The number of methoxy groups -OCH3 is 1. The minimum absolute atomic E-state index is 0.00951. The zero-order chi connectivity index (χ0) is 13.7. The van der Waals surface area contributed by atoms with Gasteiger partial charge < -0.3 is 19.7 Å². The molecule has 6 heteroatoms. The third kappa shape index (κ3) is 3.21. The van der Waals surface area contributed by atoms with E-state index in [0.717, 1.165) is 11.9 Å². The second-order valence-electron chi connectivity index (χ2n) is 4.22. The maximum absolute atomic E-state index is 13.2. The van der Waals surface area contributed by atoms with Crippen molar-refractivity contribution in [2.45, 2.75) is 13.0 Å². The number of nitrogens with one attached hydrogen (secondary N) is 1. The van der Waals surface area contributed by atoms with E-state index >= 15 is 0 Å². The van der Waals surface area contributed by atoms with Crippen LogP contribution in [0.1, 0.15) is 6.42 Å². The number of aromatic nitrogens is 2. The van der Waals surface area contributed by atoms with E-state index < -0.39 is 0 Å². The molecule has 0 aliphatic carbocycles. The van der Waals surface area contributed by atoms with Crippen LogP contribution in [0.3, 0.4) is 0 Å². The van der Waals surface area contributed by atoms with Crippen molar-refractivity contribution in [3.63, 3.8) is 0 Å². The first-order chi connectivity index (χ1) is 9.26. The smallest absolute Gasteiger partial charge is 0.203 e. The molecule has 19 heavy (non-hydrogen) atoms. The summed E-state index contributed by atoms with van der Waals surface area (Å²) in [6.45, 7) is 1.82. The van der Waals surface area contributed by atoms with E-state index in [-0.39, 0.29) is 12.4 Å². The van der Waals surface area contributed by atoms with Crippen molar-refractivity contribution in [1.29, 1.82) is 0 Å². The quantitative estimate of drug-likeness (QED) is 0.748. The molecule has 5 nitrogen and oxygen atoms in total. The molecule has 0 radical (unpaired) electrons. The highest BCUT2D eigenvalue weighted by atomic mass is 19.1. The standard InChI is InChI=1S/C13H18FN3O2/c1-19-8-2-5-15-13-16-11-9-10(14)3-4-12(11)17(13)6-7-18/h3-4,9,18H,2,5-8H2,1H3,(H,15,16). The van der Waals surface area contributed by atoms with Crippen molar-refractivity contribution in [2.24, 2.45) is 0 Å². The Bertz CT molecular complexity index is 542. The summed E-state index contributed by atoms with van der Waals surface area (Å²) in [6.07, 6.45) is 0.854. The van der Waals surface area contributed by atoms with E-state index in [1.165, 1.54) is 12.1 Å². The molecule has 2 aromatic rings. The van der Waals surface area contributed by atoms with Crippen LogP contribution in [0.5, 0.6) is 0 Å². The molecular weight excluding hydrogens is 249 g/mol. The minimum Gasteiger partial charge on any atom is -0.395 e. The van der Waals surface area contributed by atoms with Crippen LogP contribution in [0.15, 0.2) is 18.2 Å². The maximum atomic E-state index is 13.2.